The van der Waals surface area contributed by atoms with E-state index in [1.54, 1.807) is 0 Å². The first-order valence-corrected chi connectivity index (χ1v) is 15.0. The summed E-state index contributed by atoms with van der Waals surface area (Å²) in [5.41, 5.74) is -0.211. The number of nitrogens with one attached hydrogen (secondary N) is 1. The zero-order chi connectivity index (χ0) is 32.7. The number of carboxylic acid groups (broad SMARTS) is 1. The Labute approximate surface area is 264 Å². The van der Waals surface area contributed by atoms with Crippen LogP contribution < -0.4 is 10.1 Å². The van der Waals surface area contributed by atoms with E-state index in [0.29, 0.717) is 12.5 Å². The molecule has 45 heavy (non-hydrogen) atoms. The van der Waals surface area contributed by atoms with Crippen LogP contribution in [0.3, 0.4) is 0 Å². The molecule has 8 heteroatoms. The number of carbonyl (C=O) groups is 3. The summed E-state index contributed by atoms with van der Waals surface area (Å²) in [6, 6.07) is 6.63. The smallest absolute Gasteiger partial charge is 0.339 e. The molecular weight excluding hydrogens is 576 g/mol. The minimum atomic E-state index is -1.40. The Morgan fingerprint density at radius 1 is 0.756 bits per heavy atom. The fourth-order valence-electron chi connectivity index (χ4n) is 3.95. The maximum Gasteiger partial charge on any atom is 0.339 e. The second kappa shape index (κ2) is 21.8. The highest BCUT2D eigenvalue weighted by Gasteiger charge is 2.18. The summed E-state index contributed by atoms with van der Waals surface area (Å²) >= 11 is 0. The summed E-state index contributed by atoms with van der Waals surface area (Å²) in [5.74, 6) is -4.50. The van der Waals surface area contributed by atoms with Gasteiger partial charge >= 0.3 is 11.9 Å². The normalized spacial score (nSPS) is 12.1. The van der Waals surface area contributed by atoms with E-state index in [2.05, 4.69) is 73.0 Å². The highest BCUT2D eigenvalue weighted by Crippen LogP contribution is 2.29. The molecule has 0 saturated carbocycles. The standard InChI is InChI=1S/C37H41F2NO5/c1-2-3-4-5-6-7-8-9-10-11-12-13-14-15-16-17-18-19-20-21-35(41)40-28-36(42)45-34-25-22-29(26-32(34)37(43)44)31-24-23-30(38)27-33(31)39/h3-4,6-7,9-10,12-13,15-16,18-19,22-27H,2,5,8,11,14,17,20-21,28H2,1H3,(H,40,41)(H,43,44)/b4-3-,7-6-,10-9-,13-12-,16-15-,19-18-. The monoisotopic (exact) mass is 617 g/mol. The van der Waals surface area contributed by atoms with Gasteiger partial charge in [-0.3, -0.25) is 4.79 Å². The summed E-state index contributed by atoms with van der Waals surface area (Å²) in [6.07, 6.45) is 31.5. The van der Waals surface area contributed by atoms with Gasteiger partial charge in [-0.2, -0.15) is 0 Å². The first-order valence-electron chi connectivity index (χ1n) is 15.0. The molecule has 238 valence electrons. The molecule has 0 unspecified atom stereocenters. The van der Waals surface area contributed by atoms with E-state index in [9.17, 15) is 28.3 Å². The average molecular weight is 618 g/mol. The van der Waals surface area contributed by atoms with E-state index >= 15 is 0 Å². The molecule has 6 nitrogen and oxygen atoms in total. The number of hydrogen-bond acceptors (Lipinski definition) is 4. The second-order valence-corrected chi connectivity index (χ2v) is 9.84. The van der Waals surface area contributed by atoms with Crippen molar-refractivity contribution in [2.45, 2.75) is 58.3 Å². The van der Waals surface area contributed by atoms with Crippen molar-refractivity contribution in [3.63, 3.8) is 0 Å². The average Bonchev–Trinajstić information content (AvgIpc) is 3.01. The third-order valence-electron chi connectivity index (χ3n) is 6.24. The van der Waals surface area contributed by atoms with Gasteiger partial charge in [-0.15, -0.1) is 0 Å². The summed E-state index contributed by atoms with van der Waals surface area (Å²) in [4.78, 5) is 36.0. The minimum Gasteiger partial charge on any atom is -0.478 e. The van der Waals surface area contributed by atoms with Gasteiger partial charge in [0.2, 0.25) is 5.91 Å². The topological polar surface area (TPSA) is 92.7 Å². The van der Waals surface area contributed by atoms with Gasteiger partial charge in [0.05, 0.1) is 0 Å². The number of halogens is 2. The van der Waals surface area contributed by atoms with E-state index in [4.69, 9.17) is 4.74 Å². The fourth-order valence-corrected chi connectivity index (χ4v) is 3.95. The lowest BCUT2D eigenvalue weighted by Crippen LogP contribution is -2.31. The van der Waals surface area contributed by atoms with Crippen LogP contribution in [0.4, 0.5) is 8.78 Å². The third kappa shape index (κ3) is 15.4. The maximum absolute atomic E-state index is 14.1. The van der Waals surface area contributed by atoms with Gasteiger partial charge in [0.15, 0.2) is 0 Å². The van der Waals surface area contributed by atoms with E-state index < -0.39 is 30.1 Å². The zero-order valence-corrected chi connectivity index (χ0v) is 25.6. The Bertz CT molecular complexity index is 1440. The zero-order valence-electron chi connectivity index (χ0n) is 25.6. The molecule has 0 fully saturated rings. The van der Waals surface area contributed by atoms with Crippen molar-refractivity contribution in [2.24, 2.45) is 0 Å². The predicted molar refractivity (Wildman–Crippen MR) is 175 cm³/mol. The Morgan fingerprint density at radius 2 is 1.31 bits per heavy atom. The van der Waals surface area contributed by atoms with Crippen LogP contribution in [0.1, 0.15) is 68.6 Å². The first-order chi connectivity index (χ1) is 21.8. The molecule has 2 aromatic rings. The number of benzene rings is 2. The van der Waals surface area contributed by atoms with E-state index in [0.717, 1.165) is 50.7 Å². The molecule has 0 aliphatic rings. The van der Waals surface area contributed by atoms with Crippen molar-refractivity contribution < 1.29 is 33.0 Å². The minimum absolute atomic E-state index is 0.00375. The van der Waals surface area contributed by atoms with Gasteiger partial charge in [0.1, 0.15) is 29.5 Å². The number of carbonyl (C=O) groups excluding carboxylic acids is 2. The highest BCUT2D eigenvalue weighted by molar-refractivity contribution is 5.94. The Balaban J connectivity index is 1.63. The number of amides is 1. The summed E-state index contributed by atoms with van der Waals surface area (Å²) in [5, 5.41) is 12.0. The number of carboxylic acids is 1. The van der Waals surface area contributed by atoms with Crippen molar-refractivity contribution >= 4 is 17.8 Å². The highest BCUT2D eigenvalue weighted by atomic mass is 19.1. The van der Waals surface area contributed by atoms with Crippen molar-refractivity contribution in [2.75, 3.05) is 6.54 Å². The van der Waals surface area contributed by atoms with Gasteiger partial charge in [-0.25, -0.2) is 18.4 Å². The number of esters is 1. The molecular formula is C37H41F2NO5. The molecule has 0 aliphatic carbocycles. The second-order valence-electron chi connectivity index (χ2n) is 9.84. The van der Waals surface area contributed by atoms with E-state index in [1.165, 1.54) is 18.2 Å². The van der Waals surface area contributed by atoms with Crippen LogP contribution in [0.15, 0.2) is 109 Å². The summed E-state index contributed by atoms with van der Waals surface area (Å²) in [7, 11) is 0. The van der Waals surface area contributed by atoms with Crippen LogP contribution in [-0.2, 0) is 9.59 Å². The molecule has 0 heterocycles. The lowest BCUT2D eigenvalue weighted by Gasteiger charge is -2.11. The molecule has 2 N–H and O–H groups in total. The van der Waals surface area contributed by atoms with Crippen molar-refractivity contribution in [3.8, 4) is 16.9 Å². The molecule has 0 aromatic heterocycles. The summed E-state index contributed by atoms with van der Waals surface area (Å²) < 4.78 is 32.5. The van der Waals surface area contributed by atoms with Crippen molar-refractivity contribution in [3.05, 3.63) is 127 Å². The first kappa shape index (κ1) is 36.3. The molecule has 0 spiro atoms. The Kier molecular flexibility index (Phi) is 17.6. The number of aromatic carboxylic acids is 1. The fraction of sp³-hybridized carbons (Fsp3) is 0.270. The van der Waals surface area contributed by atoms with Crippen LogP contribution in [-0.4, -0.2) is 29.5 Å². The maximum atomic E-state index is 14.1. The van der Waals surface area contributed by atoms with E-state index in [1.807, 2.05) is 12.2 Å². The molecule has 0 saturated heterocycles. The van der Waals surface area contributed by atoms with Crippen molar-refractivity contribution in [1.82, 2.24) is 5.32 Å². The van der Waals surface area contributed by atoms with Gasteiger partial charge in [-0.05, 0) is 74.8 Å². The lowest BCUT2D eigenvalue weighted by atomic mass is 10.0. The largest absolute Gasteiger partial charge is 0.478 e. The SMILES string of the molecule is CC/C=C\C/C=C\C/C=C\C/C=C\C/C=C\C/C=C\CCC(=O)NCC(=O)Oc1ccc(-c2ccc(F)cc2F)cc1C(=O)O. The molecule has 2 rings (SSSR count). The quantitative estimate of drug-likeness (QED) is 0.0934. The molecule has 0 bridgehead atoms. The van der Waals surface area contributed by atoms with Crippen LogP contribution in [0.2, 0.25) is 0 Å². The number of rotatable bonds is 19. The van der Waals surface area contributed by atoms with Crippen LogP contribution in [0.25, 0.3) is 11.1 Å². The molecule has 2 aromatic carbocycles. The Hall–Kier alpha value is -4.85. The van der Waals surface area contributed by atoms with Gasteiger partial charge in [0.25, 0.3) is 0 Å². The molecule has 0 radical (unpaired) electrons. The number of ether oxygens (including phenoxy) is 1. The molecule has 0 aliphatic heterocycles. The van der Waals surface area contributed by atoms with Crippen LogP contribution >= 0.6 is 0 Å². The van der Waals surface area contributed by atoms with E-state index in [-0.39, 0.29) is 34.8 Å². The van der Waals surface area contributed by atoms with Gasteiger partial charge in [0, 0.05) is 18.1 Å². The molecule has 1 amide bonds. The third-order valence-corrected chi connectivity index (χ3v) is 6.24. The van der Waals surface area contributed by atoms with Crippen molar-refractivity contribution in [1.29, 1.82) is 0 Å². The van der Waals surface area contributed by atoms with Gasteiger partial charge < -0.3 is 15.2 Å². The predicted octanol–water partition coefficient (Wildman–Crippen LogP) is 8.83. The summed E-state index contributed by atoms with van der Waals surface area (Å²) in [6.45, 7) is 1.68. The molecule has 0 atom stereocenters. The van der Waals surface area contributed by atoms with Gasteiger partial charge in [-0.1, -0.05) is 85.9 Å². The number of allylic oxidation sites excluding steroid dienone is 12. The van der Waals surface area contributed by atoms with Crippen LogP contribution in [0.5, 0.6) is 5.75 Å². The Morgan fingerprint density at radius 3 is 1.84 bits per heavy atom. The lowest BCUT2D eigenvalue weighted by molar-refractivity contribution is -0.135. The van der Waals surface area contributed by atoms with Crippen LogP contribution in [0, 0.1) is 11.6 Å². The number of hydrogen-bond donors (Lipinski definition) is 2.